The third-order valence-corrected chi connectivity index (χ3v) is 2.90. The van der Waals surface area contributed by atoms with Crippen LogP contribution in [0.1, 0.15) is 26.2 Å². The number of rotatable bonds is 5. The van der Waals surface area contributed by atoms with Crippen LogP contribution in [0.2, 0.25) is 0 Å². The molecule has 0 aliphatic carbocycles. The first-order valence-electron chi connectivity index (χ1n) is 5.79. The first-order chi connectivity index (χ1) is 8.13. The van der Waals surface area contributed by atoms with Crippen LogP contribution in [0, 0.1) is 0 Å². The van der Waals surface area contributed by atoms with E-state index in [1.165, 1.54) is 6.92 Å². The molecule has 1 N–H and O–H groups in total. The second kappa shape index (κ2) is 7.55. The molecule has 6 heteroatoms. The Kier molecular flexibility index (Phi) is 6.36. The highest BCUT2D eigenvalue weighted by atomic mass is 32.1. The molecule has 1 saturated heterocycles. The summed E-state index contributed by atoms with van der Waals surface area (Å²) in [4.78, 5) is 22.5. The maximum atomic E-state index is 11.6. The van der Waals surface area contributed by atoms with E-state index in [9.17, 15) is 9.59 Å². The van der Waals surface area contributed by atoms with Gasteiger partial charge in [0.15, 0.2) is 0 Å². The van der Waals surface area contributed by atoms with Crippen molar-refractivity contribution in [2.45, 2.75) is 38.3 Å². The Morgan fingerprint density at radius 2 is 2.29 bits per heavy atom. The monoisotopic (exact) mass is 261 g/mol. The summed E-state index contributed by atoms with van der Waals surface area (Å²) < 4.78 is 10.5. The van der Waals surface area contributed by atoms with Gasteiger partial charge in [0.25, 0.3) is 0 Å². The van der Waals surface area contributed by atoms with Crippen molar-refractivity contribution in [3.63, 3.8) is 0 Å². The van der Waals surface area contributed by atoms with Gasteiger partial charge in [-0.15, -0.1) is 0 Å². The number of hydrogen-bond donors (Lipinski definition) is 2. The molecule has 1 rings (SSSR count). The van der Waals surface area contributed by atoms with Crippen molar-refractivity contribution < 1.29 is 19.1 Å². The maximum Gasteiger partial charge on any atom is 0.329 e. The molecule has 1 aliphatic rings. The van der Waals surface area contributed by atoms with E-state index in [-0.39, 0.29) is 24.4 Å². The molecule has 0 saturated carbocycles. The minimum Gasteiger partial charge on any atom is -0.461 e. The van der Waals surface area contributed by atoms with Crippen molar-refractivity contribution in [1.82, 2.24) is 5.32 Å². The lowest BCUT2D eigenvalue weighted by atomic mass is 10.1. The van der Waals surface area contributed by atoms with Gasteiger partial charge < -0.3 is 14.8 Å². The first kappa shape index (κ1) is 14.3. The number of ether oxygens (including phenoxy) is 2. The van der Waals surface area contributed by atoms with Crippen LogP contribution >= 0.6 is 12.6 Å². The van der Waals surface area contributed by atoms with E-state index in [1.807, 2.05) is 0 Å². The number of hydrogen-bond acceptors (Lipinski definition) is 5. The Labute approximate surface area is 107 Å². The van der Waals surface area contributed by atoms with Crippen LogP contribution in [0.3, 0.4) is 0 Å². The van der Waals surface area contributed by atoms with Gasteiger partial charge in [-0.05, 0) is 19.3 Å². The Bertz CT molecular complexity index is 266. The lowest BCUT2D eigenvalue weighted by Crippen LogP contribution is -2.43. The Morgan fingerprint density at radius 3 is 2.82 bits per heavy atom. The molecule has 17 heavy (non-hydrogen) atoms. The summed E-state index contributed by atoms with van der Waals surface area (Å²) in [6.45, 7) is 2.33. The number of esters is 1. The summed E-state index contributed by atoms with van der Waals surface area (Å²) in [5.41, 5.74) is 0. The summed E-state index contributed by atoms with van der Waals surface area (Å²) in [6.07, 6.45) is 3.07. The van der Waals surface area contributed by atoms with Crippen LogP contribution in [0.15, 0.2) is 0 Å². The minimum atomic E-state index is -0.681. The molecule has 1 amide bonds. The molecule has 0 spiro atoms. The summed E-state index contributed by atoms with van der Waals surface area (Å²) in [5.74, 6) is -0.497. The number of carbonyl (C=O) groups is 2. The van der Waals surface area contributed by atoms with E-state index in [0.29, 0.717) is 0 Å². The average molecular weight is 261 g/mol. The quantitative estimate of drug-likeness (QED) is 0.560. The van der Waals surface area contributed by atoms with Gasteiger partial charge >= 0.3 is 5.97 Å². The number of carbonyl (C=O) groups excluding carboxylic acids is 2. The van der Waals surface area contributed by atoms with E-state index < -0.39 is 12.0 Å². The molecule has 0 bridgehead atoms. The van der Waals surface area contributed by atoms with Crippen molar-refractivity contribution in [2.24, 2.45) is 0 Å². The molecule has 0 aromatic rings. The minimum absolute atomic E-state index is 0.00871. The van der Waals surface area contributed by atoms with Crippen LogP contribution in [-0.4, -0.2) is 43.0 Å². The molecule has 2 unspecified atom stereocenters. The standard InChI is InChI=1S/C11H19NO4S/c1-8(13)12-10(7-17)11(14)16-6-9-4-2-3-5-15-9/h9-10,17H,2-7H2,1H3,(H,12,13). The summed E-state index contributed by atoms with van der Waals surface area (Å²) >= 11 is 4.00. The Hall–Kier alpha value is -0.750. The second-order valence-electron chi connectivity index (χ2n) is 4.05. The zero-order chi connectivity index (χ0) is 12.7. The normalized spacial score (nSPS) is 21.6. The zero-order valence-electron chi connectivity index (χ0n) is 9.98. The van der Waals surface area contributed by atoms with E-state index in [1.54, 1.807) is 0 Å². The summed E-state index contributed by atoms with van der Waals surface area (Å²) in [5, 5.41) is 2.49. The fraction of sp³-hybridized carbons (Fsp3) is 0.818. The summed E-state index contributed by atoms with van der Waals surface area (Å²) in [7, 11) is 0. The van der Waals surface area contributed by atoms with Gasteiger partial charge in [-0.1, -0.05) is 0 Å². The highest BCUT2D eigenvalue weighted by Gasteiger charge is 2.22. The maximum absolute atomic E-state index is 11.6. The Balaban J connectivity index is 2.28. The average Bonchev–Trinajstić information content (AvgIpc) is 2.34. The molecule has 98 valence electrons. The fourth-order valence-corrected chi connectivity index (χ4v) is 1.88. The summed E-state index contributed by atoms with van der Waals surface area (Å²) in [6, 6.07) is -0.681. The molecular formula is C11H19NO4S. The van der Waals surface area contributed by atoms with Gasteiger partial charge in [0.2, 0.25) is 5.91 Å². The van der Waals surface area contributed by atoms with Crippen molar-refractivity contribution >= 4 is 24.5 Å². The molecule has 5 nitrogen and oxygen atoms in total. The van der Waals surface area contributed by atoms with Gasteiger partial charge in [-0.25, -0.2) is 4.79 Å². The van der Waals surface area contributed by atoms with E-state index in [0.717, 1.165) is 25.9 Å². The van der Waals surface area contributed by atoms with Crippen LogP contribution in [0.25, 0.3) is 0 Å². The molecular weight excluding hydrogens is 242 g/mol. The molecule has 0 aromatic heterocycles. The smallest absolute Gasteiger partial charge is 0.329 e. The van der Waals surface area contributed by atoms with Gasteiger partial charge in [-0.2, -0.15) is 12.6 Å². The number of thiol groups is 1. The van der Waals surface area contributed by atoms with Gasteiger partial charge in [-0.3, -0.25) is 4.79 Å². The molecule has 1 aliphatic heterocycles. The largest absolute Gasteiger partial charge is 0.461 e. The van der Waals surface area contributed by atoms with Crippen molar-refractivity contribution in [2.75, 3.05) is 19.0 Å². The predicted molar refractivity (Wildman–Crippen MR) is 66.0 cm³/mol. The van der Waals surface area contributed by atoms with E-state index >= 15 is 0 Å². The van der Waals surface area contributed by atoms with Crippen molar-refractivity contribution in [3.8, 4) is 0 Å². The van der Waals surface area contributed by atoms with Crippen LogP contribution in [0.5, 0.6) is 0 Å². The third kappa shape index (κ3) is 5.41. The molecule has 0 radical (unpaired) electrons. The zero-order valence-corrected chi connectivity index (χ0v) is 10.9. The number of amides is 1. The molecule has 1 fully saturated rings. The lowest BCUT2D eigenvalue weighted by Gasteiger charge is -2.23. The van der Waals surface area contributed by atoms with Gasteiger partial charge in [0.05, 0.1) is 6.10 Å². The second-order valence-corrected chi connectivity index (χ2v) is 4.42. The highest BCUT2D eigenvalue weighted by molar-refractivity contribution is 7.80. The lowest BCUT2D eigenvalue weighted by molar-refractivity contribution is -0.152. The highest BCUT2D eigenvalue weighted by Crippen LogP contribution is 2.13. The number of nitrogens with one attached hydrogen (secondary N) is 1. The van der Waals surface area contributed by atoms with E-state index in [4.69, 9.17) is 9.47 Å². The fourth-order valence-electron chi connectivity index (χ4n) is 1.64. The predicted octanol–water partition coefficient (Wildman–Crippen LogP) is 0.533. The molecule has 2 atom stereocenters. The van der Waals surface area contributed by atoms with Crippen molar-refractivity contribution in [1.29, 1.82) is 0 Å². The van der Waals surface area contributed by atoms with Crippen LogP contribution in [-0.2, 0) is 19.1 Å². The van der Waals surface area contributed by atoms with Crippen LogP contribution in [0.4, 0.5) is 0 Å². The first-order valence-corrected chi connectivity index (χ1v) is 6.43. The van der Waals surface area contributed by atoms with Gasteiger partial charge in [0.1, 0.15) is 12.6 Å². The van der Waals surface area contributed by atoms with Crippen LogP contribution < -0.4 is 5.32 Å². The Morgan fingerprint density at radius 1 is 1.53 bits per heavy atom. The topological polar surface area (TPSA) is 64.6 Å². The van der Waals surface area contributed by atoms with Gasteiger partial charge in [0, 0.05) is 19.3 Å². The molecule has 0 aromatic carbocycles. The third-order valence-electron chi connectivity index (χ3n) is 2.53. The molecule has 1 heterocycles. The SMILES string of the molecule is CC(=O)NC(CS)C(=O)OCC1CCCCO1. The van der Waals surface area contributed by atoms with Crippen molar-refractivity contribution in [3.05, 3.63) is 0 Å². The van der Waals surface area contributed by atoms with E-state index in [2.05, 4.69) is 17.9 Å².